The van der Waals surface area contributed by atoms with Crippen molar-refractivity contribution < 1.29 is 8.78 Å². The Kier molecular flexibility index (Phi) is 3.65. The van der Waals surface area contributed by atoms with Gasteiger partial charge in [0.15, 0.2) is 0 Å². The third kappa shape index (κ3) is 2.53. The molecule has 1 aliphatic rings. The number of piperidine rings is 1. The maximum Gasteiger partial charge on any atom is 0.263 e. The lowest BCUT2D eigenvalue weighted by molar-refractivity contribution is -0.122. The van der Waals surface area contributed by atoms with Crippen LogP contribution < -0.4 is 0 Å². The molecule has 0 amide bonds. The fourth-order valence-electron chi connectivity index (χ4n) is 2.19. The Morgan fingerprint density at radius 1 is 1.57 bits per heavy atom. The third-order valence-electron chi connectivity index (χ3n) is 2.93. The Balaban J connectivity index is 2.60. The minimum atomic E-state index is -2.53. The molecule has 0 aromatic heterocycles. The number of hydrogen-bond donors (Lipinski definition) is 0. The molecule has 1 fully saturated rings. The Morgan fingerprint density at radius 3 is 2.64 bits per heavy atom. The van der Waals surface area contributed by atoms with E-state index in [1.165, 1.54) is 0 Å². The standard InChI is InChI=1S/C11H19F2N/c1-4-6-14-7-5-10(9(2)3)11(12,13)8-14/h4,9-10H,1,5-8H2,2-3H3. The fourth-order valence-corrected chi connectivity index (χ4v) is 2.19. The predicted octanol–water partition coefficient (Wildman–Crippen LogP) is 2.79. The van der Waals surface area contributed by atoms with E-state index in [1.54, 1.807) is 11.0 Å². The van der Waals surface area contributed by atoms with Crippen LogP contribution in [0.3, 0.4) is 0 Å². The molecule has 3 heteroatoms. The molecule has 82 valence electrons. The molecule has 0 saturated carbocycles. The van der Waals surface area contributed by atoms with Gasteiger partial charge in [0.25, 0.3) is 5.92 Å². The summed E-state index contributed by atoms with van der Waals surface area (Å²) in [6.45, 7) is 8.55. The highest BCUT2D eigenvalue weighted by Gasteiger charge is 2.45. The highest BCUT2D eigenvalue weighted by Crippen LogP contribution is 2.37. The van der Waals surface area contributed by atoms with E-state index in [2.05, 4.69) is 6.58 Å². The SMILES string of the molecule is C=CCN1CCC(C(C)C)C(F)(F)C1. The maximum absolute atomic E-state index is 13.6. The number of likely N-dealkylation sites (tertiary alicyclic amines) is 1. The van der Waals surface area contributed by atoms with E-state index in [0.717, 1.165) is 6.54 Å². The van der Waals surface area contributed by atoms with E-state index in [9.17, 15) is 8.78 Å². The minimum Gasteiger partial charge on any atom is -0.294 e. The molecule has 1 heterocycles. The number of nitrogens with zero attached hydrogens (tertiary/aromatic N) is 1. The fraction of sp³-hybridized carbons (Fsp3) is 0.818. The van der Waals surface area contributed by atoms with Gasteiger partial charge in [0, 0.05) is 12.5 Å². The van der Waals surface area contributed by atoms with Gasteiger partial charge in [-0.2, -0.15) is 0 Å². The summed E-state index contributed by atoms with van der Waals surface area (Å²) < 4.78 is 27.2. The van der Waals surface area contributed by atoms with E-state index in [4.69, 9.17) is 0 Å². The van der Waals surface area contributed by atoms with Crippen molar-refractivity contribution in [3.63, 3.8) is 0 Å². The molecule has 0 bridgehead atoms. The van der Waals surface area contributed by atoms with Gasteiger partial charge in [-0.3, -0.25) is 4.90 Å². The smallest absolute Gasteiger partial charge is 0.263 e. The first kappa shape index (κ1) is 11.6. The van der Waals surface area contributed by atoms with Crippen molar-refractivity contribution in [3.8, 4) is 0 Å². The second-order valence-corrected chi connectivity index (χ2v) is 4.42. The lowest BCUT2D eigenvalue weighted by Crippen LogP contribution is -2.50. The Morgan fingerprint density at radius 2 is 2.21 bits per heavy atom. The number of hydrogen-bond acceptors (Lipinski definition) is 1. The molecule has 0 aromatic rings. The van der Waals surface area contributed by atoms with Crippen molar-refractivity contribution in [1.29, 1.82) is 0 Å². The normalized spacial score (nSPS) is 27.9. The van der Waals surface area contributed by atoms with Crippen LogP contribution in [0, 0.1) is 11.8 Å². The van der Waals surface area contributed by atoms with E-state index in [1.807, 2.05) is 13.8 Å². The van der Waals surface area contributed by atoms with Gasteiger partial charge in [-0.15, -0.1) is 6.58 Å². The van der Waals surface area contributed by atoms with Gasteiger partial charge in [-0.1, -0.05) is 19.9 Å². The van der Waals surface area contributed by atoms with Crippen LogP contribution in [0.4, 0.5) is 8.78 Å². The molecule has 14 heavy (non-hydrogen) atoms. The van der Waals surface area contributed by atoms with Crippen LogP contribution in [0.2, 0.25) is 0 Å². The van der Waals surface area contributed by atoms with E-state index < -0.39 is 11.8 Å². The van der Waals surface area contributed by atoms with Crippen molar-refractivity contribution in [1.82, 2.24) is 4.90 Å². The van der Waals surface area contributed by atoms with Crippen LogP contribution in [-0.4, -0.2) is 30.5 Å². The molecule has 0 radical (unpaired) electrons. The van der Waals surface area contributed by atoms with Crippen molar-refractivity contribution in [2.75, 3.05) is 19.6 Å². The molecule has 0 spiro atoms. The lowest BCUT2D eigenvalue weighted by Gasteiger charge is -2.39. The summed E-state index contributed by atoms with van der Waals surface area (Å²) in [6, 6.07) is 0. The summed E-state index contributed by atoms with van der Waals surface area (Å²) in [6.07, 6.45) is 2.28. The van der Waals surface area contributed by atoms with Gasteiger partial charge in [0.05, 0.1) is 6.54 Å². The van der Waals surface area contributed by atoms with E-state index in [-0.39, 0.29) is 12.5 Å². The highest BCUT2D eigenvalue weighted by molar-refractivity contribution is 4.90. The van der Waals surface area contributed by atoms with Crippen molar-refractivity contribution in [3.05, 3.63) is 12.7 Å². The van der Waals surface area contributed by atoms with Crippen LogP contribution >= 0.6 is 0 Å². The first-order valence-electron chi connectivity index (χ1n) is 5.18. The Labute approximate surface area is 84.8 Å². The number of rotatable bonds is 3. The molecule has 1 aliphatic heterocycles. The van der Waals surface area contributed by atoms with Crippen molar-refractivity contribution in [2.45, 2.75) is 26.2 Å². The third-order valence-corrected chi connectivity index (χ3v) is 2.93. The van der Waals surface area contributed by atoms with Gasteiger partial charge < -0.3 is 0 Å². The summed E-state index contributed by atoms with van der Waals surface area (Å²) in [4.78, 5) is 1.77. The summed E-state index contributed by atoms with van der Waals surface area (Å²) in [5, 5.41) is 0. The Bertz CT molecular complexity index is 201. The molecule has 1 rings (SSSR count). The first-order chi connectivity index (χ1) is 6.47. The topological polar surface area (TPSA) is 3.24 Å². The minimum absolute atomic E-state index is 0.0656. The first-order valence-corrected chi connectivity index (χ1v) is 5.18. The summed E-state index contributed by atoms with van der Waals surface area (Å²) in [5.41, 5.74) is 0. The second kappa shape index (κ2) is 4.39. The predicted molar refractivity (Wildman–Crippen MR) is 54.5 cm³/mol. The van der Waals surface area contributed by atoms with E-state index in [0.29, 0.717) is 13.0 Å². The largest absolute Gasteiger partial charge is 0.294 e. The molecule has 0 N–H and O–H groups in total. The highest BCUT2D eigenvalue weighted by atomic mass is 19.3. The molecule has 0 aliphatic carbocycles. The quantitative estimate of drug-likeness (QED) is 0.637. The summed E-state index contributed by atoms with van der Waals surface area (Å²) >= 11 is 0. The summed E-state index contributed by atoms with van der Waals surface area (Å²) in [7, 11) is 0. The number of alkyl halides is 2. The molecular weight excluding hydrogens is 184 g/mol. The van der Waals surface area contributed by atoms with Crippen LogP contribution in [0.1, 0.15) is 20.3 Å². The van der Waals surface area contributed by atoms with Gasteiger partial charge >= 0.3 is 0 Å². The average molecular weight is 203 g/mol. The monoisotopic (exact) mass is 203 g/mol. The molecule has 1 saturated heterocycles. The average Bonchev–Trinajstić information content (AvgIpc) is 2.01. The van der Waals surface area contributed by atoms with Gasteiger partial charge in [0.2, 0.25) is 0 Å². The van der Waals surface area contributed by atoms with Crippen LogP contribution in [0.5, 0.6) is 0 Å². The zero-order chi connectivity index (χ0) is 10.8. The van der Waals surface area contributed by atoms with Gasteiger partial charge in [-0.25, -0.2) is 8.78 Å². The van der Waals surface area contributed by atoms with Gasteiger partial charge in [-0.05, 0) is 18.9 Å². The molecule has 1 unspecified atom stereocenters. The maximum atomic E-state index is 13.6. The molecule has 1 atom stereocenters. The van der Waals surface area contributed by atoms with Crippen LogP contribution in [0.25, 0.3) is 0 Å². The van der Waals surface area contributed by atoms with Crippen LogP contribution in [0.15, 0.2) is 12.7 Å². The van der Waals surface area contributed by atoms with E-state index >= 15 is 0 Å². The molecular formula is C11H19F2N. The zero-order valence-electron chi connectivity index (χ0n) is 8.97. The molecule has 1 nitrogen and oxygen atoms in total. The Hall–Kier alpha value is -0.440. The summed E-state index contributed by atoms with van der Waals surface area (Å²) in [5.74, 6) is -2.92. The second-order valence-electron chi connectivity index (χ2n) is 4.42. The molecule has 0 aromatic carbocycles. The zero-order valence-corrected chi connectivity index (χ0v) is 8.97. The van der Waals surface area contributed by atoms with Crippen molar-refractivity contribution >= 4 is 0 Å². The van der Waals surface area contributed by atoms with Crippen LogP contribution in [-0.2, 0) is 0 Å². The lowest BCUT2D eigenvalue weighted by atomic mass is 9.83. The van der Waals surface area contributed by atoms with Gasteiger partial charge in [0.1, 0.15) is 0 Å². The number of halogens is 2. The van der Waals surface area contributed by atoms with Crippen molar-refractivity contribution in [2.24, 2.45) is 11.8 Å².